The quantitative estimate of drug-likeness (QED) is 0.651. The van der Waals surface area contributed by atoms with Crippen LogP contribution in [0.3, 0.4) is 0 Å². The summed E-state index contributed by atoms with van der Waals surface area (Å²) >= 11 is 1.51. The number of aryl methyl sites for hydroxylation is 1. The summed E-state index contributed by atoms with van der Waals surface area (Å²) in [5, 5.41) is 3.46. The van der Waals surface area contributed by atoms with E-state index in [1.54, 1.807) is 6.08 Å². The normalized spacial score (nSPS) is 12.5. The lowest BCUT2D eigenvalue weighted by Gasteiger charge is -1.99. The number of fused-ring (bicyclic) bond motifs is 1. The number of benzene rings is 2. The van der Waals surface area contributed by atoms with Gasteiger partial charge in [-0.2, -0.15) is 0 Å². The fourth-order valence-corrected chi connectivity index (χ4v) is 3.73. The first-order valence-electron chi connectivity index (χ1n) is 8.67. The molecule has 1 aliphatic rings. The molecule has 0 saturated carbocycles. The van der Waals surface area contributed by atoms with Crippen LogP contribution in [0.5, 0.6) is 11.5 Å². The Morgan fingerprint density at radius 3 is 2.81 bits per heavy atom. The number of hydrogen-bond donors (Lipinski definition) is 1. The zero-order valence-corrected chi connectivity index (χ0v) is 15.6. The molecule has 136 valence electrons. The third-order valence-electron chi connectivity index (χ3n) is 4.12. The van der Waals surface area contributed by atoms with Crippen molar-refractivity contribution < 1.29 is 14.3 Å². The van der Waals surface area contributed by atoms with Crippen molar-refractivity contribution in [2.75, 3.05) is 12.1 Å². The smallest absolute Gasteiger partial charge is 0.250 e. The molecule has 5 nitrogen and oxygen atoms in total. The van der Waals surface area contributed by atoms with Crippen LogP contribution >= 0.6 is 11.3 Å². The summed E-state index contributed by atoms with van der Waals surface area (Å²) in [6, 6.07) is 15.6. The molecule has 1 aromatic heterocycles. The fraction of sp³-hybridized carbons (Fsp3) is 0.143. The summed E-state index contributed by atoms with van der Waals surface area (Å²) in [4.78, 5) is 18.0. The maximum Gasteiger partial charge on any atom is 0.250 e. The Labute approximate surface area is 161 Å². The van der Waals surface area contributed by atoms with Crippen molar-refractivity contribution >= 4 is 28.5 Å². The van der Waals surface area contributed by atoms with E-state index in [1.165, 1.54) is 17.4 Å². The van der Waals surface area contributed by atoms with Gasteiger partial charge in [0.2, 0.25) is 12.7 Å². The molecular formula is C21H18N2O3S. The average Bonchev–Trinajstić information content (AvgIpc) is 3.33. The molecule has 3 aromatic rings. The van der Waals surface area contributed by atoms with E-state index in [0.717, 1.165) is 33.9 Å². The molecular weight excluding hydrogens is 360 g/mol. The molecule has 6 heteroatoms. The van der Waals surface area contributed by atoms with Gasteiger partial charge in [0.1, 0.15) is 0 Å². The molecule has 2 aromatic carbocycles. The SMILES string of the molecule is CCc1sc(NC(=O)C=Cc2ccc3c(c2)OCO3)nc1-c1ccccc1. The minimum absolute atomic E-state index is 0.219. The number of rotatable bonds is 5. The van der Waals surface area contributed by atoms with Gasteiger partial charge in [0.15, 0.2) is 16.6 Å². The second-order valence-corrected chi connectivity index (χ2v) is 7.03. The summed E-state index contributed by atoms with van der Waals surface area (Å²) in [6.45, 7) is 2.32. The molecule has 0 fully saturated rings. The van der Waals surface area contributed by atoms with E-state index >= 15 is 0 Å². The lowest BCUT2D eigenvalue weighted by atomic mass is 10.1. The van der Waals surface area contributed by atoms with Crippen LogP contribution < -0.4 is 14.8 Å². The minimum Gasteiger partial charge on any atom is -0.454 e. The summed E-state index contributed by atoms with van der Waals surface area (Å²) in [6.07, 6.45) is 4.10. The number of carbonyl (C=O) groups is 1. The predicted molar refractivity (Wildman–Crippen MR) is 107 cm³/mol. The van der Waals surface area contributed by atoms with Crippen LogP contribution in [-0.4, -0.2) is 17.7 Å². The van der Waals surface area contributed by atoms with Crippen LogP contribution in [0.25, 0.3) is 17.3 Å². The summed E-state index contributed by atoms with van der Waals surface area (Å²) in [7, 11) is 0. The lowest BCUT2D eigenvalue weighted by Crippen LogP contribution is -2.07. The van der Waals surface area contributed by atoms with Crippen LogP contribution in [0.15, 0.2) is 54.6 Å². The average molecular weight is 378 g/mol. The number of carbonyl (C=O) groups excluding carboxylic acids is 1. The van der Waals surface area contributed by atoms with Gasteiger partial charge in [-0.1, -0.05) is 43.3 Å². The summed E-state index contributed by atoms with van der Waals surface area (Å²) in [5.41, 5.74) is 2.85. The number of thiazole rings is 1. The molecule has 0 saturated heterocycles. The van der Waals surface area contributed by atoms with E-state index in [0.29, 0.717) is 10.9 Å². The van der Waals surface area contributed by atoms with Crippen molar-refractivity contribution in [1.29, 1.82) is 0 Å². The molecule has 1 amide bonds. The Morgan fingerprint density at radius 1 is 1.19 bits per heavy atom. The first-order valence-corrected chi connectivity index (χ1v) is 9.48. The third-order valence-corrected chi connectivity index (χ3v) is 5.23. The zero-order valence-electron chi connectivity index (χ0n) is 14.8. The van der Waals surface area contributed by atoms with E-state index < -0.39 is 0 Å². The standard InChI is InChI=1S/C21H18N2O3S/c1-2-18-20(15-6-4-3-5-7-15)23-21(27-18)22-19(24)11-9-14-8-10-16-17(12-14)26-13-25-16/h3-12H,2,13H2,1H3,(H,22,23,24). The number of aromatic nitrogens is 1. The predicted octanol–water partition coefficient (Wildman–Crippen LogP) is 4.75. The van der Waals surface area contributed by atoms with Crippen LogP contribution in [0.4, 0.5) is 5.13 Å². The number of nitrogens with zero attached hydrogens (tertiary/aromatic N) is 1. The number of nitrogens with one attached hydrogen (secondary N) is 1. The third kappa shape index (κ3) is 3.85. The number of anilines is 1. The van der Waals surface area contributed by atoms with Gasteiger partial charge in [0.25, 0.3) is 0 Å². The molecule has 4 rings (SSSR count). The van der Waals surface area contributed by atoms with Gasteiger partial charge in [-0.15, -0.1) is 11.3 Å². The molecule has 27 heavy (non-hydrogen) atoms. The minimum atomic E-state index is -0.219. The van der Waals surface area contributed by atoms with Gasteiger partial charge in [0.05, 0.1) is 5.69 Å². The molecule has 0 unspecified atom stereocenters. The molecule has 1 N–H and O–H groups in total. The van der Waals surface area contributed by atoms with E-state index in [2.05, 4.69) is 17.2 Å². The Balaban J connectivity index is 1.47. The largest absolute Gasteiger partial charge is 0.454 e. The first-order chi connectivity index (χ1) is 13.2. The molecule has 0 atom stereocenters. The highest BCUT2D eigenvalue weighted by molar-refractivity contribution is 7.16. The highest BCUT2D eigenvalue weighted by Crippen LogP contribution is 2.33. The van der Waals surface area contributed by atoms with E-state index in [4.69, 9.17) is 9.47 Å². The maximum absolute atomic E-state index is 12.3. The zero-order chi connectivity index (χ0) is 18.6. The highest BCUT2D eigenvalue weighted by atomic mass is 32.1. The van der Waals surface area contributed by atoms with Crippen LogP contribution in [0.2, 0.25) is 0 Å². The monoisotopic (exact) mass is 378 g/mol. The fourth-order valence-electron chi connectivity index (χ4n) is 2.80. The molecule has 0 bridgehead atoms. The van der Waals surface area contributed by atoms with E-state index in [9.17, 15) is 4.79 Å². The number of ether oxygens (including phenoxy) is 2. The van der Waals surface area contributed by atoms with Gasteiger partial charge in [-0.25, -0.2) is 4.98 Å². The molecule has 0 spiro atoms. The second kappa shape index (κ2) is 7.63. The molecule has 2 heterocycles. The van der Waals surface area contributed by atoms with Crippen LogP contribution in [0.1, 0.15) is 17.4 Å². The first kappa shape index (κ1) is 17.3. The Bertz CT molecular complexity index is 996. The Kier molecular flexibility index (Phi) is 4.89. The van der Waals surface area contributed by atoms with Crippen LogP contribution in [0, 0.1) is 0 Å². The lowest BCUT2D eigenvalue weighted by molar-refractivity contribution is -0.111. The number of amides is 1. The van der Waals surface area contributed by atoms with Crippen molar-refractivity contribution in [3.05, 3.63) is 65.0 Å². The summed E-state index contributed by atoms with van der Waals surface area (Å²) < 4.78 is 10.6. The van der Waals surface area contributed by atoms with Crippen LogP contribution in [-0.2, 0) is 11.2 Å². The Morgan fingerprint density at radius 2 is 2.00 bits per heavy atom. The van der Waals surface area contributed by atoms with Gasteiger partial charge < -0.3 is 9.47 Å². The van der Waals surface area contributed by atoms with Crippen molar-refractivity contribution in [3.63, 3.8) is 0 Å². The maximum atomic E-state index is 12.3. The van der Waals surface area contributed by atoms with Crippen molar-refractivity contribution in [3.8, 4) is 22.8 Å². The number of hydrogen-bond acceptors (Lipinski definition) is 5. The highest BCUT2D eigenvalue weighted by Gasteiger charge is 2.14. The van der Waals surface area contributed by atoms with Gasteiger partial charge in [-0.05, 0) is 30.2 Å². The van der Waals surface area contributed by atoms with E-state index in [1.807, 2.05) is 48.5 Å². The summed E-state index contributed by atoms with van der Waals surface area (Å²) in [5.74, 6) is 1.20. The van der Waals surface area contributed by atoms with Crippen molar-refractivity contribution in [2.24, 2.45) is 0 Å². The van der Waals surface area contributed by atoms with Gasteiger partial charge in [-0.3, -0.25) is 10.1 Å². The Hall–Kier alpha value is -3.12. The van der Waals surface area contributed by atoms with Crippen molar-refractivity contribution in [1.82, 2.24) is 4.98 Å². The topological polar surface area (TPSA) is 60.5 Å². The van der Waals surface area contributed by atoms with Gasteiger partial charge >= 0.3 is 0 Å². The molecule has 1 aliphatic heterocycles. The molecule has 0 radical (unpaired) electrons. The van der Waals surface area contributed by atoms with E-state index in [-0.39, 0.29) is 12.7 Å². The van der Waals surface area contributed by atoms with Gasteiger partial charge in [0, 0.05) is 16.5 Å². The van der Waals surface area contributed by atoms with Crippen molar-refractivity contribution in [2.45, 2.75) is 13.3 Å². The second-order valence-electron chi connectivity index (χ2n) is 5.95. The molecule has 0 aliphatic carbocycles.